The van der Waals surface area contributed by atoms with E-state index in [1.807, 2.05) is 30.7 Å². The van der Waals surface area contributed by atoms with Crippen molar-refractivity contribution in [2.45, 2.75) is 53.2 Å². The van der Waals surface area contributed by atoms with Crippen LogP contribution < -0.4 is 0 Å². The zero-order valence-corrected chi connectivity index (χ0v) is 16.7. The third-order valence-corrected chi connectivity index (χ3v) is 5.75. The number of likely N-dealkylation sites (tertiary alicyclic amines) is 1. The van der Waals surface area contributed by atoms with Gasteiger partial charge in [0.2, 0.25) is 0 Å². The average molecular weight is 364 g/mol. The molecule has 27 heavy (non-hydrogen) atoms. The third-order valence-electron chi connectivity index (χ3n) is 5.75. The van der Waals surface area contributed by atoms with Crippen molar-refractivity contribution in [1.29, 1.82) is 0 Å². The van der Waals surface area contributed by atoms with Crippen LogP contribution in [-0.2, 0) is 13.1 Å². The molecule has 0 aromatic carbocycles. The SMILES string of the molecule is CCn1nc(C)c(CN2CCC(n3c(C)cnc3-c3ccncc3)C2)c1C. The molecule has 4 rings (SSSR count). The van der Waals surface area contributed by atoms with Gasteiger partial charge in [-0.25, -0.2) is 4.98 Å². The molecule has 0 bridgehead atoms. The Hall–Kier alpha value is -2.47. The van der Waals surface area contributed by atoms with Crippen LogP contribution in [0.25, 0.3) is 11.4 Å². The Morgan fingerprint density at radius 2 is 1.93 bits per heavy atom. The Kier molecular flexibility index (Phi) is 4.83. The minimum absolute atomic E-state index is 0.456. The predicted molar refractivity (Wildman–Crippen MR) is 107 cm³/mol. The summed E-state index contributed by atoms with van der Waals surface area (Å²) < 4.78 is 4.52. The molecule has 4 heterocycles. The molecule has 1 saturated heterocycles. The second kappa shape index (κ2) is 7.27. The van der Waals surface area contributed by atoms with Gasteiger partial charge in [0.15, 0.2) is 0 Å². The van der Waals surface area contributed by atoms with Gasteiger partial charge in [-0.3, -0.25) is 14.6 Å². The van der Waals surface area contributed by atoms with E-state index in [0.717, 1.165) is 49.7 Å². The van der Waals surface area contributed by atoms with Gasteiger partial charge in [-0.2, -0.15) is 5.10 Å². The minimum Gasteiger partial charge on any atom is -0.324 e. The molecule has 0 saturated carbocycles. The summed E-state index contributed by atoms with van der Waals surface area (Å²) >= 11 is 0. The molecule has 1 fully saturated rings. The lowest BCUT2D eigenvalue weighted by Gasteiger charge is -2.20. The van der Waals surface area contributed by atoms with Crippen molar-refractivity contribution in [3.05, 3.63) is 53.4 Å². The maximum absolute atomic E-state index is 4.69. The summed E-state index contributed by atoms with van der Waals surface area (Å²) in [7, 11) is 0. The normalized spacial score (nSPS) is 17.7. The van der Waals surface area contributed by atoms with E-state index in [4.69, 9.17) is 0 Å². The van der Waals surface area contributed by atoms with Crippen molar-refractivity contribution >= 4 is 0 Å². The Morgan fingerprint density at radius 1 is 1.15 bits per heavy atom. The lowest BCUT2D eigenvalue weighted by Crippen LogP contribution is -2.22. The van der Waals surface area contributed by atoms with Gasteiger partial charge < -0.3 is 4.57 Å². The first kappa shape index (κ1) is 17.9. The number of hydrogen-bond donors (Lipinski definition) is 0. The highest BCUT2D eigenvalue weighted by Crippen LogP contribution is 2.30. The van der Waals surface area contributed by atoms with Crippen LogP contribution in [0.15, 0.2) is 30.7 Å². The molecular weight excluding hydrogens is 336 g/mol. The highest BCUT2D eigenvalue weighted by molar-refractivity contribution is 5.55. The maximum atomic E-state index is 4.69. The molecule has 1 unspecified atom stereocenters. The highest BCUT2D eigenvalue weighted by Gasteiger charge is 2.28. The second-order valence-corrected chi connectivity index (χ2v) is 7.47. The molecule has 1 aliphatic heterocycles. The van der Waals surface area contributed by atoms with E-state index in [1.54, 1.807) is 0 Å². The van der Waals surface area contributed by atoms with Crippen LogP contribution in [0.2, 0.25) is 0 Å². The van der Waals surface area contributed by atoms with Gasteiger partial charge >= 0.3 is 0 Å². The van der Waals surface area contributed by atoms with E-state index in [0.29, 0.717) is 6.04 Å². The Bertz CT molecular complexity index is 924. The summed E-state index contributed by atoms with van der Waals surface area (Å²) in [5.74, 6) is 1.05. The lowest BCUT2D eigenvalue weighted by atomic mass is 10.2. The molecule has 0 radical (unpaired) electrons. The number of pyridine rings is 1. The first-order chi connectivity index (χ1) is 13.1. The number of imidazole rings is 1. The molecule has 0 amide bonds. The van der Waals surface area contributed by atoms with Crippen LogP contribution in [0.3, 0.4) is 0 Å². The van der Waals surface area contributed by atoms with Crippen molar-refractivity contribution in [3.63, 3.8) is 0 Å². The third kappa shape index (κ3) is 3.30. The van der Waals surface area contributed by atoms with E-state index < -0.39 is 0 Å². The zero-order chi connectivity index (χ0) is 19.0. The molecule has 0 N–H and O–H groups in total. The van der Waals surface area contributed by atoms with Crippen molar-refractivity contribution in [1.82, 2.24) is 29.2 Å². The standard InChI is InChI=1S/C21H28N6/c1-5-26-17(4)20(16(3)24-26)14-25-11-8-19(13-25)27-15(2)12-23-21(27)18-6-9-22-10-7-18/h6-7,9-10,12,19H,5,8,11,13-14H2,1-4H3. The van der Waals surface area contributed by atoms with Crippen molar-refractivity contribution in [2.75, 3.05) is 13.1 Å². The molecule has 0 spiro atoms. The summed E-state index contributed by atoms with van der Waals surface area (Å²) in [6, 6.07) is 4.53. The van der Waals surface area contributed by atoms with Crippen LogP contribution in [-0.4, -0.2) is 42.3 Å². The first-order valence-corrected chi connectivity index (χ1v) is 9.78. The fourth-order valence-corrected chi connectivity index (χ4v) is 4.28. The molecule has 6 heteroatoms. The summed E-state index contributed by atoms with van der Waals surface area (Å²) in [5.41, 5.74) is 6.20. The zero-order valence-electron chi connectivity index (χ0n) is 16.7. The molecular formula is C21H28N6. The van der Waals surface area contributed by atoms with Crippen LogP contribution in [0.4, 0.5) is 0 Å². The Labute approximate surface area is 160 Å². The lowest BCUT2D eigenvalue weighted by molar-refractivity contribution is 0.314. The molecule has 3 aromatic rings. The fourth-order valence-electron chi connectivity index (χ4n) is 4.28. The van der Waals surface area contributed by atoms with Gasteiger partial charge in [-0.15, -0.1) is 0 Å². The Morgan fingerprint density at radius 3 is 2.63 bits per heavy atom. The van der Waals surface area contributed by atoms with Crippen LogP contribution >= 0.6 is 0 Å². The Balaban J connectivity index is 1.54. The van der Waals surface area contributed by atoms with E-state index >= 15 is 0 Å². The molecule has 6 nitrogen and oxygen atoms in total. The topological polar surface area (TPSA) is 51.8 Å². The monoisotopic (exact) mass is 364 g/mol. The number of hydrogen-bond acceptors (Lipinski definition) is 4. The second-order valence-electron chi connectivity index (χ2n) is 7.47. The van der Waals surface area contributed by atoms with E-state index in [9.17, 15) is 0 Å². The molecule has 142 valence electrons. The minimum atomic E-state index is 0.456. The number of aromatic nitrogens is 5. The van der Waals surface area contributed by atoms with Crippen LogP contribution in [0.5, 0.6) is 0 Å². The predicted octanol–water partition coefficient (Wildman–Crippen LogP) is 3.53. The van der Waals surface area contributed by atoms with Gasteiger partial charge in [0.25, 0.3) is 0 Å². The molecule has 1 aliphatic rings. The number of rotatable bonds is 5. The van der Waals surface area contributed by atoms with Crippen molar-refractivity contribution < 1.29 is 0 Å². The van der Waals surface area contributed by atoms with E-state index in [1.165, 1.54) is 17.0 Å². The first-order valence-electron chi connectivity index (χ1n) is 9.78. The average Bonchev–Trinajstić information content (AvgIpc) is 3.36. The maximum Gasteiger partial charge on any atom is 0.140 e. The van der Waals surface area contributed by atoms with Gasteiger partial charge in [0.1, 0.15) is 5.82 Å². The highest BCUT2D eigenvalue weighted by atomic mass is 15.3. The number of aryl methyl sites for hydroxylation is 3. The summed E-state index contributed by atoms with van der Waals surface area (Å²) in [5, 5.41) is 4.68. The van der Waals surface area contributed by atoms with E-state index in [-0.39, 0.29) is 0 Å². The van der Waals surface area contributed by atoms with Crippen LogP contribution in [0.1, 0.15) is 42.0 Å². The quantitative estimate of drug-likeness (QED) is 0.695. The summed E-state index contributed by atoms with van der Waals surface area (Å²) in [6.07, 6.45) is 6.80. The largest absolute Gasteiger partial charge is 0.324 e. The molecule has 3 aromatic heterocycles. The van der Waals surface area contributed by atoms with Gasteiger partial charge in [0.05, 0.1) is 5.69 Å². The van der Waals surface area contributed by atoms with Gasteiger partial charge in [0, 0.05) is 73.3 Å². The van der Waals surface area contributed by atoms with Crippen LogP contribution in [0, 0.1) is 20.8 Å². The summed E-state index contributed by atoms with van der Waals surface area (Å²) in [6.45, 7) is 12.7. The van der Waals surface area contributed by atoms with Gasteiger partial charge in [-0.1, -0.05) is 0 Å². The van der Waals surface area contributed by atoms with E-state index in [2.05, 4.69) is 56.9 Å². The van der Waals surface area contributed by atoms with Crippen molar-refractivity contribution in [3.8, 4) is 11.4 Å². The van der Waals surface area contributed by atoms with Gasteiger partial charge in [-0.05, 0) is 46.2 Å². The molecule has 0 aliphatic carbocycles. The summed E-state index contributed by atoms with van der Waals surface area (Å²) in [4.78, 5) is 11.4. The smallest absolute Gasteiger partial charge is 0.140 e. The van der Waals surface area contributed by atoms with Crippen molar-refractivity contribution in [2.24, 2.45) is 0 Å². The molecule has 1 atom stereocenters. The number of nitrogens with zero attached hydrogens (tertiary/aromatic N) is 6. The fraction of sp³-hybridized carbons (Fsp3) is 0.476.